The number of fused-ring (bicyclic) bond motifs is 3. The van der Waals surface area contributed by atoms with Crippen molar-refractivity contribution in [1.29, 1.82) is 0 Å². The molecule has 0 radical (unpaired) electrons. The van der Waals surface area contributed by atoms with Crippen molar-refractivity contribution in [2.24, 2.45) is 0 Å². The third kappa shape index (κ3) is 3.28. The van der Waals surface area contributed by atoms with Crippen LogP contribution in [0.25, 0.3) is 55.1 Å². The van der Waals surface area contributed by atoms with E-state index in [-0.39, 0.29) is 0 Å². The topological polar surface area (TPSA) is 25.8 Å². The number of rotatable bonds is 2. The molecule has 0 saturated heterocycles. The van der Waals surface area contributed by atoms with E-state index in [1.165, 1.54) is 21.5 Å². The van der Waals surface area contributed by atoms with Gasteiger partial charge in [0.1, 0.15) is 0 Å². The first-order valence-electron chi connectivity index (χ1n) is 10.2. The maximum atomic E-state index is 5.08. The molecule has 2 nitrogen and oxygen atoms in total. The summed E-state index contributed by atoms with van der Waals surface area (Å²) in [4.78, 5) is 10.1. The van der Waals surface area contributed by atoms with Gasteiger partial charge in [-0.2, -0.15) is 0 Å². The van der Waals surface area contributed by atoms with Gasteiger partial charge in [0, 0.05) is 15.6 Å². The van der Waals surface area contributed by atoms with Crippen LogP contribution in [0.5, 0.6) is 0 Å². The molecule has 1 heterocycles. The van der Waals surface area contributed by atoms with Crippen molar-refractivity contribution in [2.75, 3.05) is 0 Å². The van der Waals surface area contributed by atoms with Crippen LogP contribution in [0.4, 0.5) is 0 Å². The van der Waals surface area contributed by atoms with Crippen molar-refractivity contribution < 1.29 is 0 Å². The van der Waals surface area contributed by atoms with Crippen LogP contribution in [0, 0.1) is 0 Å². The van der Waals surface area contributed by atoms with Gasteiger partial charge in [-0.25, -0.2) is 9.97 Å². The average molecular weight is 461 g/mol. The lowest BCUT2D eigenvalue weighted by molar-refractivity contribution is 1.29. The highest BCUT2D eigenvalue weighted by Gasteiger charge is 2.14. The molecule has 1 aromatic heterocycles. The first-order valence-corrected chi connectivity index (χ1v) is 11.0. The SMILES string of the molecule is Brc1ccc2nc(-c3ccc4ccccc4c3)c(-c3ccc4ccccc4c3)nc2c1. The van der Waals surface area contributed by atoms with Gasteiger partial charge in [0.2, 0.25) is 0 Å². The predicted molar refractivity (Wildman–Crippen MR) is 133 cm³/mol. The van der Waals surface area contributed by atoms with E-state index in [1.54, 1.807) is 0 Å². The van der Waals surface area contributed by atoms with E-state index < -0.39 is 0 Å². The average Bonchev–Trinajstić information content (AvgIpc) is 2.82. The molecule has 31 heavy (non-hydrogen) atoms. The van der Waals surface area contributed by atoms with E-state index in [2.05, 4.69) is 101 Å². The summed E-state index contributed by atoms with van der Waals surface area (Å²) in [6.07, 6.45) is 0. The molecule has 0 amide bonds. The van der Waals surface area contributed by atoms with Gasteiger partial charge in [0.25, 0.3) is 0 Å². The molecule has 0 aliphatic rings. The Kier molecular flexibility index (Phi) is 4.29. The van der Waals surface area contributed by atoms with Crippen LogP contribution >= 0.6 is 15.9 Å². The minimum absolute atomic E-state index is 0.877. The summed E-state index contributed by atoms with van der Waals surface area (Å²) in [5.74, 6) is 0. The minimum atomic E-state index is 0.877. The normalized spacial score (nSPS) is 11.4. The summed E-state index contributed by atoms with van der Waals surface area (Å²) in [6, 6.07) is 35.9. The van der Waals surface area contributed by atoms with Gasteiger partial charge >= 0.3 is 0 Å². The lowest BCUT2D eigenvalue weighted by Crippen LogP contribution is -1.96. The maximum absolute atomic E-state index is 5.08. The van der Waals surface area contributed by atoms with E-state index in [0.717, 1.165) is 38.0 Å². The molecule has 0 spiro atoms. The summed E-state index contributed by atoms with van der Waals surface area (Å²) in [7, 11) is 0. The summed E-state index contributed by atoms with van der Waals surface area (Å²) < 4.78 is 0.997. The fraction of sp³-hybridized carbons (Fsp3) is 0. The number of hydrogen-bond acceptors (Lipinski definition) is 2. The van der Waals surface area contributed by atoms with E-state index in [9.17, 15) is 0 Å². The summed E-state index contributed by atoms with van der Waals surface area (Å²) >= 11 is 3.57. The van der Waals surface area contributed by atoms with Crippen LogP contribution in [0.3, 0.4) is 0 Å². The van der Waals surface area contributed by atoms with Crippen LogP contribution in [0.2, 0.25) is 0 Å². The van der Waals surface area contributed by atoms with Crippen molar-refractivity contribution in [1.82, 2.24) is 9.97 Å². The van der Waals surface area contributed by atoms with Crippen LogP contribution in [0.1, 0.15) is 0 Å². The first-order chi connectivity index (χ1) is 15.2. The number of halogens is 1. The van der Waals surface area contributed by atoms with Gasteiger partial charge in [-0.05, 0) is 51.9 Å². The zero-order valence-electron chi connectivity index (χ0n) is 16.6. The van der Waals surface area contributed by atoms with Crippen molar-refractivity contribution in [3.8, 4) is 22.5 Å². The lowest BCUT2D eigenvalue weighted by Gasteiger charge is -2.12. The molecule has 0 aliphatic carbocycles. The fourth-order valence-electron chi connectivity index (χ4n) is 4.10. The van der Waals surface area contributed by atoms with Gasteiger partial charge < -0.3 is 0 Å². The maximum Gasteiger partial charge on any atom is 0.0973 e. The molecule has 0 N–H and O–H groups in total. The number of aromatic nitrogens is 2. The Bertz CT molecular complexity index is 1600. The van der Waals surface area contributed by atoms with Crippen LogP contribution < -0.4 is 0 Å². The van der Waals surface area contributed by atoms with Gasteiger partial charge in [0.15, 0.2) is 0 Å². The minimum Gasteiger partial charge on any atom is -0.244 e. The Morgan fingerprint density at radius 3 is 1.55 bits per heavy atom. The predicted octanol–water partition coefficient (Wildman–Crippen LogP) is 8.03. The molecule has 0 bridgehead atoms. The zero-order valence-corrected chi connectivity index (χ0v) is 18.2. The van der Waals surface area contributed by atoms with Crippen LogP contribution in [-0.2, 0) is 0 Å². The second-order valence-corrected chi connectivity index (χ2v) is 8.59. The second kappa shape index (κ2) is 7.29. The third-order valence-corrected chi connectivity index (χ3v) is 6.17. The van der Waals surface area contributed by atoms with Crippen molar-refractivity contribution in [2.45, 2.75) is 0 Å². The van der Waals surface area contributed by atoms with Gasteiger partial charge in [-0.1, -0.05) is 88.7 Å². The molecule has 3 heteroatoms. The van der Waals surface area contributed by atoms with Gasteiger partial charge in [0.05, 0.1) is 22.4 Å². The number of nitrogens with zero attached hydrogens (tertiary/aromatic N) is 2. The van der Waals surface area contributed by atoms with E-state index in [1.807, 2.05) is 18.2 Å². The summed E-state index contributed by atoms with van der Waals surface area (Å²) in [5.41, 5.74) is 5.69. The molecule has 0 saturated carbocycles. The molecule has 6 aromatic rings. The van der Waals surface area contributed by atoms with E-state index in [4.69, 9.17) is 9.97 Å². The molecule has 0 aliphatic heterocycles. The smallest absolute Gasteiger partial charge is 0.0973 e. The Morgan fingerprint density at radius 1 is 0.452 bits per heavy atom. The number of hydrogen-bond donors (Lipinski definition) is 0. The highest BCUT2D eigenvalue weighted by atomic mass is 79.9. The Balaban J connectivity index is 1.65. The van der Waals surface area contributed by atoms with E-state index >= 15 is 0 Å². The monoisotopic (exact) mass is 460 g/mol. The molecule has 0 atom stereocenters. The molecule has 146 valence electrons. The van der Waals surface area contributed by atoms with E-state index in [0.29, 0.717) is 0 Å². The standard InChI is InChI=1S/C28H17BrN2/c29-24-13-14-25-26(17-24)31-28(23-12-10-19-6-2-4-8-21(19)16-23)27(30-25)22-11-9-18-5-1-3-7-20(18)15-22/h1-17H. The van der Waals surface area contributed by atoms with Crippen molar-refractivity contribution >= 4 is 48.5 Å². The summed E-state index contributed by atoms with van der Waals surface area (Å²) in [6.45, 7) is 0. The third-order valence-electron chi connectivity index (χ3n) is 5.67. The number of benzene rings is 5. The Labute approximate surface area is 188 Å². The van der Waals surface area contributed by atoms with Crippen LogP contribution in [-0.4, -0.2) is 9.97 Å². The molecule has 0 unspecified atom stereocenters. The molecular formula is C28H17BrN2. The molecule has 5 aromatic carbocycles. The van der Waals surface area contributed by atoms with Crippen LogP contribution in [0.15, 0.2) is 108 Å². The highest BCUT2D eigenvalue weighted by molar-refractivity contribution is 9.10. The lowest BCUT2D eigenvalue weighted by atomic mass is 9.99. The highest BCUT2D eigenvalue weighted by Crippen LogP contribution is 2.34. The molecule has 0 fully saturated rings. The largest absolute Gasteiger partial charge is 0.244 e. The van der Waals surface area contributed by atoms with Gasteiger partial charge in [-0.15, -0.1) is 0 Å². The zero-order chi connectivity index (χ0) is 20.8. The Hall–Kier alpha value is -3.56. The van der Waals surface area contributed by atoms with Gasteiger partial charge in [-0.3, -0.25) is 0 Å². The Morgan fingerprint density at radius 2 is 0.968 bits per heavy atom. The first kappa shape index (κ1) is 18.2. The summed E-state index contributed by atoms with van der Waals surface area (Å²) in [5, 5.41) is 4.83. The fourth-order valence-corrected chi connectivity index (χ4v) is 4.45. The second-order valence-electron chi connectivity index (χ2n) is 7.68. The van der Waals surface area contributed by atoms with Crippen molar-refractivity contribution in [3.63, 3.8) is 0 Å². The molecular weight excluding hydrogens is 444 g/mol. The van der Waals surface area contributed by atoms with Crippen molar-refractivity contribution in [3.05, 3.63) is 108 Å². The quantitative estimate of drug-likeness (QED) is 0.261. The molecule has 6 rings (SSSR count).